The number of hydrogen-bond acceptors (Lipinski definition) is 15. The first kappa shape index (κ1) is 57.6. The zero-order valence-corrected chi connectivity index (χ0v) is 47.8. The largest absolute Gasteiger partial charge is 0.508 e. The molecule has 4 aromatic carbocycles. The van der Waals surface area contributed by atoms with E-state index in [4.69, 9.17) is 16.2 Å². The van der Waals surface area contributed by atoms with E-state index < -0.39 is 29.2 Å². The van der Waals surface area contributed by atoms with Gasteiger partial charge in [-0.15, -0.1) is 0 Å². The molecule has 12 nitrogen and oxygen atoms in total. The Kier molecular flexibility index (Phi) is 18.7. The van der Waals surface area contributed by atoms with Crippen molar-refractivity contribution >= 4 is 54.7 Å². The summed E-state index contributed by atoms with van der Waals surface area (Å²) < 4.78 is 6.22. The van der Waals surface area contributed by atoms with Crippen LogP contribution in [0.2, 0.25) is 0 Å². The van der Waals surface area contributed by atoms with E-state index in [9.17, 15) is 40.2 Å². The number of ketones is 2. The minimum atomic E-state index is -1.10. The van der Waals surface area contributed by atoms with Gasteiger partial charge in [-0.1, -0.05) is 110 Å². The number of carbonyl (C=O) groups is 2. The molecule has 9 atom stereocenters. The minimum Gasteiger partial charge on any atom is -0.508 e. The van der Waals surface area contributed by atoms with Crippen molar-refractivity contribution in [3.8, 4) is 29.1 Å². The van der Waals surface area contributed by atoms with E-state index >= 15 is 0 Å². The number of fused-ring (bicyclic) bond motifs is 13. The summed E-state index contributed by atoms with van der Waals surface area (Å²) >= 11 is 0. The Morgan fingerprint density at radius 3 is 2.47 bits per heavy atom. The lowest BCUT2D eigenvalue weighted by Gasteiger charge is -2.34. The number of aliphatic hydroxyl groups excluding tert-OH is 3. The van der Waals surface area contributed by atoms with E-state index in [1.54, 1.807) is 85.8 Å². The third-order valence-corrected chi connectivity index (χ3v) is 22.6. The summed E-state index contributed by atoms with van der Waals surface area (Å²) in [6.45, 7) is -0.119. The summed E-state index contributed by atoms with van der Waals surface area (Å²) in [6, 6.07) is 24.8. The Morgan fingerprint density at radius 1 is 0.835 bits per heavy atom. The van der Waals surface area contributed by atoms with Crippen LogP contribution in [0.4, 0.5) is 0 Å². The minimum absolute atomic E-state index is 0.0201. The molecule has 2 aliphatic heterocycles. The van der Waals surface area contributed by atoms with E-state index in [1.165, 1.54) is 11.1 Å². The van der Waals surface area contributed by atoms with Gasteiger partial charge in [-0.05, 0) is 156 Å². The molecule has 1 saturated carbocycles. The topological polar surface area (TPSA) is 233 Å². The molecule has 1 aromatic heterocycles. The molecule has 5 aromatic rings. The fraction of sp³-hybridized carbons (Fsp3) is 0.460. The molecule has 9 unspecified atom stereocenters. The van der Waals surface area contributed by atoms with Crippen LogP contribution in [0, 0.1) is 40.9 Å². The number of nitrogens with two attached hydrogens (primary N) is 2. The molecule has 1 saturated heterocycles. The summed E-state index contributed by atoms with van der Waals surface area (Å²) in [4.78, 5) is 31.7. The van der Waals surface area contributed by atoms with Crippen LogP contribution in [0.25, 0.3) is 0 Å². The van der Waals surface area contributed by atoms with E-state index in [1.807, 2.05) is 24.3 Å². The first-order chi connectivity index (χ1) is 38.2. The van der Waals surface area contributed by atoms with Crippen molar-refractivity contribution in [2.24, 2.45) is 40.6 Å². The maximum atomic E-state index is 14.4. The molecule has 3 aliphatic carbocycles. The first-order valence-electron chi connectivity index (χ1n) is 27.8. The van der Waals surface area contributed by atoms with Crippen molar-refractivity contribution in [1.29, 1.82) is 0 Å². The maximum Gasteiger partial charge on any atom is 0.165 e. The number of allylic oxidation sites excluding steroid dienone is 2. The van der Waals surface area contributed by atoms with Crippen molar-refractivity contribution in [3.63, 3.8) is 0 Å². The second kappa shape index (κ2) is 25.7. The summed E-state index contributed by atoms with van der Waals surface area (Å²) in [5, 5.41) is 68.3. The third-order valence-electron chi connectivity index (χ3n) is 17.6. The number of benzene rings is 4. The van der Waals surface area contributed by atoms with E-state index in [0.29, 0.717) is 91.1 Å². The fourth-order valence-corrected chi connectivity index (χ4v) is 18.8. The van der Waals surface area contributed by atoms with Gasteiger partial charge in [-0.3, -0.25) is 9.59 Å². The number of carbonyl (C=O) groups excluding carboxylic acids is 2. The van der Waals surface area contributed by atoms with Gasteiger partial charge in [-0.2, -0.15) is 0 Å². The molecular formula is C63H73N3O9S4. The molecule has 11 N–H and O–H groups in total. The lowest BCUT2D eigenvalue weighted by atomic mass is 9.72. The molecule has 16 heteroatoms. The number of rotatable bonds is 5. The summed E-state index contributed by atoms with van der Waals surface area (Å²) in [5.41, 5.74) is 20.5. The number of H-pyrrole nitrogens is 1. The van der Waals surface area contributed by atoms with Gasteiger partial charge in [0.15, 0.2) is 23.1 Å². The van der Waals surface area contributed by atoms with Crippen molar-refractivity contribution < 1.29 is 45.0 Å². The predicted octanol–water partition coefficient (Wildman–Crippen LogP) is 9.85. The van der Waals surface area contributed by atoms with E-state index in [-0.39, 0.29) is 85.3 Å². The highest BCUT2D eigenvalue weighted by atomic mass is 33.1. The van der Waals surface area contributed by atoms with E-state index in [0.717, 1.165) is 52.1 Å². The van der Waals surface area contributed by atoms with Gasteiger partial charge in [0.05, 0.1) is 44.1 Å². The van der Waals surface area contributed by atoms with Crippen LogP contribution in [-0.2, 0) is 36.2 Å². The first-order valence-corrected chi connectivity index (χ1v) is 32.7. The Balaban J connectivity index is 1.02. The Bertz CT molecular complexity index is 3100. The van der Waals surface area contributed by atoms with Gasteiger partial charge < -0.3 is 51.8 Å². The Hall–Kier alpha value is -4.64. The van der Waals surface area contributed by atoms with Crippen molar-refractivity contribution in [2.75, 3.05) is 37.1 Å². The van der Waals surface area contributed by atoms with E-state index in [2.05, 4.69) is 47.2 Å². The number of hydrogen-bond donors (Lipinski definition) is 9. The molecule has 418 valence electrons. The zero-order chi connectivity index (χ0) is 55.3. The lowest BCUT2D eigenvalue weighted by Crippen LogP contribution is -2.37. The molecule has 3 heterocycles. The van der Waals surface area contributed by atoms with Crippen molar-refractivity contribution in [3.05, 3.63) is 159 Å². The molecule has 2 fully saturated rings. The smallest absolute Gasteiger partial charge is 0.165 e. The number of aryl methyl sites for hydroxylation is 1. The number of phenols is 2. The highest BCUT2D eigenvalue weighted by Crippen LogP contribution is 2.57. The SMILES string of the molecule is NC(N)c1cc2c3cc1CSSCC1CC4(C=CC(=O)CCc5ccc(O)c(c5)OCCc5ccc(O)c(c5)C3CC(=O)c3cc[nH]c3CC#C2)CCC(CC(O)CO)C2Cc3ccccc3C(CO)C(CSSCC1(O)C4)C2. The van der Waals surface area contributed by atoms with Crippen LogP contribution in [0.3, 0.4) is 0 Å². The van der Waals surface area contributed by atoms with Gasteiger partial charge in [-0.25, -0.2) is 0 Å². The Morgan fingerprint density at radius 2 is 1.65 bits per heavy atom. The highest BCUT2D eigenvalue weighted by molar-refractivity contribution is 8.77. The Labute approximate surface area is 479 Å². The van der Waals surface area contributed by atoms with Crippen LogP contribution in [0.5, 0.6) is 17.2 Å². The standard InChI is InChI=1S/C63H73N3O9S4/c64-61(65)52-27-42-5-3-7-56-50(16-20-66-56)59(73)29-53-51(42)28-45(52)34-76-78-35-46-30-62(19-15-47(69)11-8-38-10-13-58(72)60(23-38)75-21-17-39-9-12-57(71)54(53)22-39)18-14-40(26-48(70)31-67)43-24-41-4-1-2-6-49(41)55(32-68)44(25-43)33-77-79-37-63(46,74)36-62/h1-2,4,6,9-10,12-13,15-16,19-20,22-23,27-28,40,43-44,46,48,53,55,61,66-68,70-72,74H,7-8,11,14,17-18,21,24-26,29-37,64-65H2. The number of aromatic nitrogens is 1. The fourth-order valence-electron chi connectivity index (χ4n) is 13.3. The van der Waals surface area contributed by atoms with Gasteiger partial charge >= 0.3 is 0 Å². The normalized spacial score (nSPS) is 27.4. The monoisotopic (exact) mass is 1140 g/mol. The number of nitrogens with one attached hydrogen (secondary N) is 1. The van der Waals surface area contributed by atoms with Crippen molar-refractivity contribution in [1.82, 2.24) is 4.98 Å². The molecule has 1 spiro atoms. The van der Waals surface area contributed by atoms with Crippen LogP contribution >= 0.6 is 43.2 Å². The number of aliphatic hydroxyl groups is 4. The summed E-state index contributed by atoms with van der Waals surface area (Å²) in [5.74, 6) is 8.74. The van der Waals surface area contributed by atoms with Crippen LogP contribution in [0.1, 0.15) is 135 Å². The summed E-state index contributed by atoms with van der Waals surface area (Å²) in [7, 11) is 6.77. The van der Waals surface area contributed by atoms with Gasteiger partial charge in [0, 0.05) is 82.7 Å². The predicted molar refractivity (Wildman–Crippen MR) is 318 cm³/mol. The molecule has 0 amide bonds. The van der Waals surface area contributed by atoms with Gasteiger partial charge in [0.2, 0.25) is 0 Å². The molecule has 11 bridgehead atoms. The van der Waals surface area contributed by atoms with Crippen LogP contribution in [-0.4, -0.2) is 96.0 Å². The number of phenolic OH excluding ortho intramolecular Hbond substituents is 2. The van der Waals surface area contributed by atoms with Crippen molar-refractivity contribution in [2.45, 2.75) is 113 Å². The number of aromatic hydroxyl groups is 2. The summed E-state index contributed by atoms with van der Waals surface area (Å²) in [6.07, 6.45) is 9.82. The third kappa shape index (κ3) is 13.3. The zero-order valence-electron chi connectivity index (χ0n) is 44.5. The molecule has 5 aliphatic rings. The second-order valence-corrected chi connectivity index (χ2v) is 27.8. The van der Waals surface area contributed by atoms with Crippen LogP contribution in [0.15, 0.2) is 97.2 Å². The molecule has 10 rings (SSSR count). The highest BCUT2D eigenvalue weighted by Gasteiger charge is 2.53. The lowest BCUT2D eigenvalue weighted by molar-refractivity contribution is -0.114. The average molecular weight is 1140 g/mol. The number of aromatic amines is 1. The number of ether oxygens (including phenoxy) is 1. The van der Waals surface area contributed by atoms with Gasteiger partial charge in [0.25, 0.3) is 0 Å². The maximum absolute atomic E-state index is 14.4. The quantitative estimate of drug-likeness (QED) is 0.0453. The number of Topliss-reactive ketones (excluding diaryl/α,β-unsaturated/α-hetero) is 1. The van der Waals surface area contributed by atoms with Gasteiger partial charge in [0.1, 0.15) is 5.75 Å². The molecule has 79 heavy (non-hydrogen) atoms. The second-order valence-electron chi connectivity index (χ2n) is 22.7. The van der Waals surface area contributed by atoms with Crippen LogP contribution < -0.4 is 16.2 Å². The average Bonchev–Trinajstić information content (AvgIpc) is 4.15. The molecule has 0 radical (unpaired) electrons. The molecular weight excluding hydrogens is 1070 g/mol.